The SMILES string of the molecule is CC1(C)C2CCC(CNC(=O)c3ccc(CCSc4nccc(Oc5ccccc5)n4)cc3)C1C2. The van der Waals surface area contributed by atoms with Gasteiger partial charge >= 0.3 is 0 Å². The molecule has 1 N–H and O–H groups in total. The molecule has 3 aliphatic carbocycles. The van der Waals surface area contributed by atoms with E-state index in [9.17, 15) is 4.79 Å². The Morgan fingerprint density at radius 1 is 1.09 bits per heavy atom. The van der Waals surface area contributed by atoms with E-state index in [4.69, 9.17) is 4.74 Å². The summed E-state index contributed by atoms with van der Waals surface area (Å²) in [6, 6.07) is 19.3. The van der Waals surface area contributed by atoms with Gasteiger partial charge in [-0.15, -0.1) is 0 Å². The maximum absolute atomic E-state index is 12.7. The Labute approximate surface area is 212 Å². The van der Waals surface area contributed by atoms with Crippen molar-refractivity contribution in [1.82, 2.24) is 15.3 Å². The lowest BCUT2D eigenvalue weighted by Gasteiger charge is -2.60. The number of hydrogen-bond donors (Lipinski definition) is 1. The average Bonchev–Trinajstić information content (AvgIpc) is 2.88. The highest BCUT2D eigenvalue weighted by molar-refractivity contribution is 7.99. The van der Waals surface area contributed by atoms with Crippen LogP contribution in [0.4, 0.5) is 0 Å². The van der Waals surface area contributed by atoms with Crippen LogP contribution in [0.5, 0.6) is 11.6 Å². The molecule has 3 fully saturated rings. The molecule has 1 aromatic heterocycles. The summed E-state index contributed by atoms with van der Waals surface area (Å²) in [5.41, 5.74) is 2.38. The minimum Gasteiger partial charge on any atom is -0.439 e. The van der Waals surface area contributed by atoms with Crippen LogP contribution in [-0.2, 0) is 6.42 Å². The van der Waals surface area contributed by atoms with Gasteiger partial charge in [-0.3, -0.25) is 4.79 Å². The smallest absolute Gasteiger partial charge is 0.251 e. The fourth-order valence-electron chi connectivity index (χ4n) is 5.68. The van der Waals surface area contributed by atoms with Crippen molar-refractivity contribution in [2.24, 2.45) is 23.2 Å². The number of thioether (sulfide) groups is 1. The number of nitrogens with one attached hydrogen (secondary N) is 1. The molecule has 3 saturated carbocycles. The largest absolute Gasteiger partial charge is 0.439 e. The molecule has 2 aromatic carbocycles. The van der Waals surface area contributed by atoms with E-state index in [1.54, 1.807) is 24.0 Å². The van der Waals surface area contributed by atoms with Crippen molar-refractivity contribution >= 4 is 17.7 Å². The zero-order chi connectivity index (χ0) is 24.3. The summed E-state index contributed by atoms with van der Waals surface area (Å²) in [6.45, 7) is 5.60. The molecule has 1 heterocycles. The van der Waals surface area contributed by atoms with Crippen LogP contribution in [0.3, 0.4) is 0 Å². The Balaban J connectivity index is 1.07. The van der Waals surface area contributed by atoms with Crippen molar-refractivity contribution in [2.45, 2.75) is 44.7 Å². The molecule has 3 unspecified atom stereocenters. The van der Waals surface area contributed by atoms with Gasteiger partial charge in [-0.1, -0.05) is 55.9 Å². The van der Waals surface area contributed by atoms with Gasteiger partial charge < -0.3 is 10.1 Å². The second kappa shape index (κ2) is 10.4. The first kappa shape index (κ1) is 23.9. The first-order valence-electron chi connectivity index (χ1n) is 12.5. The van der Waals surface area contributed by atoms with Gasteiger partial charge in [0.2, 0.25) is 5.88 Å². The molecule has 35 heavy (non-hydrogen) atoms. The Morgan fingerprint density at radius 2 is 1.89 bits per heavy atom. The molecular weight excluding hydrogens is 454 g/mol. The van der Waals surface area contributed by atoms with Crippen LogP contribution in [0, 0.1) is 23.2 Å². The number of aryl methyl sites for hydroxylation is 1. The quantitative estimate of drug-likeness (QED) is 0.279. The maximum Gasteiger partial charge on any atom is 0.251 e. The van der Waals surface area contributed by atoms with Gasteiger partial charge in [-0.25, -0.2) is 4.98 Å². The second-order valence-corrected chi connectivity index (χ2v) is 11.4. The fraction of sp³-hybridized carbons (Fsp3) is 0.414. The summed E-state index contributed by atoms with van der Waals surface area (Å²) in [6.07, 6.45) is 6.50. The number of fused-ring (bicyclic) bond motifs is 2. The molecule has 0 radical (unpaired) electrons. The predicted molar refractivity (Wildman–Crippen MR) is 140 cm³/mol. The molecule has 2 bridgehead atoms. The van der Waals surface area contributed by atoms with E-state index < -0.39 is 0 Å². The highest BCUT2D eigenvalue weighted by atomic mass is 32.2. The lowest BCUT2D eigenvalue weighted by atomic mass is 9.45. The third-order valence-corrected chi connectivity index (χ3v) is 8.80. The van der Waals surface area contributed by atoms with Crippen molar-refractivity contribution in [3.8, 4) is 11.6 Å². The molecular formula is C29H33N3O2S. The predicted octanol–water partition coefficient (Wildman–Crippen LogP) is 6.41. The third kappa shape index (κ3) is 5.53. The minimum absolute atomic E-state index is 0.0359. The van der Waals surface area contributed by atoms with Crippen LogP contribution in [0.2, 0.25) is 0 Å². The van der Waals surface area contributed by atoms with Crippen molar-refractivity contribution in [2.75, 3.05) is 12.3 Å². The second-order valence-electron chi connectivity index (χ2n) is 10.3. The monoisotopic (exact) mass is 487 g/mol. The molecule has 0 aliphatic heterocycles. The molecule has 3 atom stereocenters. The van der Waals surface area contributed by atoms with Crippen LogP contribution in [0.15, 0.2) is 72.0 Å². The number of nitrogens with zero attached hydrogens (tertiary/aromatic N) is 2. The Bertz CT molecular complexity index is 1150. The fourth-order valence-corrected chi connectivity index (χ4v) is 6.49. The lowest BCUT2D eigenvalue weighted by Crippen LogP contribution is -2.54. The topological polar surface area (TPSA) is 64.1 Å². The van der Waals surface area contributed by atoms with Crippen LogP contribution < -0.4 is 10.1 Å². The Hall–Kier alpha value is -2.86. The van der Waals surface area contributed by atoms with E-state index in [0.717, 1.165) is 41.9 Å². The van der Waals surface area contributed by atoms with E-state index in [1.165, 1.54) is 24.8 Å². The number of benzene rings is 2. The highest BCUT2D eigenvalue weighted by Crippen LogP contribution is 2.61. The first-order valence-corrected chi connectivity index (χ1v) is 13.5. The number of rotatable bonds is 9. The summed E-state index contributed by atoms with van der Waals surface area (Å²) in [7, 11) is 0. The molecule has 6 heteroatoms. The van der Waals surface area contributed by atoms with Gasteiger partial charge in [0.25, 0.3) is 5.91 Å². The van der Waals surface area contributed by atoms with E-state index in [2.05, 4.69) is 29.1 Å². The summed E-state index contributed by atoms with van der Waals surface area (Å²) >= 11 is 1.60. The number of carbonyl (C=O) groups is 1. The Morgan fingerprint density at radius 3 is 2.63 bits per heavy atom. The van der Waals surface area contributed by atoms with Crippen molar-refractivity contribution in [1.29, 1.82) is 0 Å². The lowest BCUT2D eigenvalue weighted by molar-refractivity contribution is -0.103. The average molecular weight is 488 g/mol. The van der Waals surface area contributed by atoms with E-state index in [-0.39, 0.29) is 5.91 Å². The normalized spacial score (nSPS) is 22.2. The summed E-state index contributed by atoms with van der Waals surface area (Å²) in [4.78, 5) is 21.5. The zero-order valence-corrected chi connectivity index (χ0v) is 21.3. The minimum atomic E-state index is 0.0359. The number of ether oxygens (including phenoxy) is 1. The van der Waals surface area contributed by atoms with Crippen LogP contribution >= 0.6 is 11.8 Å². The van der Waals surface area contributed by atoms with Gasteiger partial charge in [0, 0.05) is 30.1 Å². The van der Waals surface area contributed by atoms with Crippen LogP contribution in [0.25, 0.3) is 0 Å². The van der Waals surface area contributed by atoms with Gasteiger partial charge in [0.15, 0.2) is 5.16 Å². The molecule has 3 aromatic rings. The highest BCUT2D eigenvalue weighted by Gasteiger charge is 2.53. The maximum atomic E-state index is 12.7. The molecule has 6 rings (SSSR count). The van der Waals surface area contributed by atoms with Crippen molar-refractivity contribution in [3.63, 3.8) is 0 Å². The molecule has 0 spiro atoms. The number of aromatic nitrogens is 2. The van der Waals surface area contributed by atoms with E-state index >= 15 is 0 Å². The molecule has 0 saturated heterocycles. The number of hydrogen-bond acceptors (Lipinski definition) is 5. The molecule has 3 aliphatic rings. The molecule has 182 valence electrons. The number of amides is 1. The van der Waals surface area contributed by atoms with Crippen LogP contribution in [0.1, 0.15) is 49.0 Å². The van der Waals surface area contributed by atoms with Gasteiger partial charge in [-0.2, -0.15) is 4.98 Å². The molecule has 5 nitrogen and oxygen atoms in total. The third-order valence-electron chi connectivity index (χ3n) is 7.94. The van der Waals surface area contributed by atoms with Crippen LogP contribution in [-0.4, -0.2) is 28.2 Å². The summed E-state index contributed by atoms with van der Waals surface area (Å²) < 4.78 is 5.79. The van der Waals surface area contributed by atoms with Gasteiger partial charge in [0.1, 0.15) is 5.75 Å². The van der Waals surface area contributed by atoms with Gasteiger partial charge in [-0.05, 0) is 78.7 Å². The van der Waals surface area contributed by atoms with Gasteiger partial charge in [0.05, 0.1) is 0 Å². The summed E-state index contributed by atoms with van der Waals surface area (Å²) in [5.74, 6) is 4.45. The van der Waals surface area contributed by atoms with Crippen molar-refractivity contribution < 1.29 is 9.53 Å². The standard InChI is InChI=1S/C29H33N3O2S/c1-29(2)23-13-12-22(25(29)18-23)19-31-27(33)21-10-8-20(9-11-21)15-17-35-28-30-16-14-26(32-28)34-24-6-4-3-5-7-24/h3-11,14,16,22-23,25H,12-13,15,17-19H2,1-2H3,(H,31,33). The Kier molecular flexibility index (Phi) is 7.09. The number of para-hydroxylation sites is 1. The first-order chi connectivity index (χ1) is 17.0. The van der Waals surface area contributed by atoms with Crippen molar-refractivity contribution in [3.05, 3.63) is 78.0 Å². The molecule has 1 amide bonds. The van der Waals surface area contributed by atoms with E-state index in [0.29, 0.717) is 22.4 Å². The number of carbonyl (C=O) groups excluding carboxylic acids is 1. The summed E-state index contributed by atoms with van der Waals surface area (Å²) in [5, 5.41) is 3.89. The van der Waals surface area contributed by atoms with E-state index in [1.807, 2.05) is 54.6 Å². The zero-order valence-electron chi connectivity index (χ0n) is 20.4.